The Bertz CT molecular complexity index is 1250. The molecule has 6 nitrogen and oxygen atoms in total. The van der Waals surface area contributed by atoms with Gasteiger partial charge in [0.15, 0.2) is 9.84 Å². The lowest BCUT2D eigenvalue weighted by Gasteiger charge is -2.11. The summed E-state index contributed by atoms with van der Waals surface area (Å²) in [6, 6.07) is 15.7. The van der Waals surface area contributed by atoms with E-state index >= 15 is 0 Å². The first-order chi connectivity index (χ1) is 14.7. The van der Waals surface area contributed by atoms with E-state index in [1.165, 1.54) is 54.6 Å². The van der Waals surface area contributed by atoms with E-state index < -0.39 is 21.8 Å². The van der Waals surface area contributed by atoms with E-state index in [1.807, 2.05) is 0 Å². The summed E-state index contributed by atoms with van der Waals surface area (Å²) in [5.74, 6) is -0.995. The summed E-state index contributed by atoms with van der Waals surface area (Å²) in [6.07, 6.45) is 0. The number of halogens is 3. The van der Waals surface area contributed by atoms with Gasteiger partial charge in [0.1, 0.15) is 0 Å². The molecule has 0 atom stereocenters. The number of urea groups is 1. The van der Waals surface area contributed by atoms with Gasteiger partial charge in [-0.15, -0.1) is 0 Å². The Hall–Kier alpha value is -2.58. The molecule has 3 amide bonds. The van der Waals surface area contributed by atoms with Crippen LogP contribution in [0.15, 0.2) is 71.6 Å². The molecule has 2 N–H and O–H groups in total. The van der Waals surface area contributed by atoms with Crippen molar-refractivity contribution in [2.75, 3.05) is 5.32 Å². The van der Waals surface area contributed by atoms with Crippen molar-refractivity contribution < 1.29 is 18.0 Å². The van der Waals surface area contributed by atoms with E-state index in [0.29, 0.717) is 10.6 Å². The van der Waals surface area contributed by atoms with E-state index in [0.717, 1.165) is 0 Å². The molecule has 0 aromatic heterocycles. The summed E-state index contributed by atoms with van der Waals surface area (Å²) in [5.41, 5.74) is 0.789. The Morgan fingerprint density at radius 2 is 1.52 bits per heavy atom. The molecule has 10 heteroatoms. The first kappa shape index (κ1) is 23.1. The predicted octanol–water partition coefficient (Wildman–Crippen LogP) is 5.58. The molecule has 3 aromatic rings. The van der Waals surface area contributed by atoms with Gasteiger partial charge in [-0.2, -0.15) is 0 Å². The van der Waals surface area contributed by atoms with Crippen LogP contribution in [-0.2, 0) is 15.6 Å². The van der Waals surface area contributed by atoms with Crippen LogP contribution in [0.5, 0.6) is 0 Å². The lowest BCUT2D eigenvalue weighted by atomic mass is 10.2. The standard InChI is InChI=1S/C21H15Cl3N2O4S/c22-14-6-9-16(10-7-14)31(29,30)12-13-5-8-15(11-19(13)24)25-21(28)26-20(27)17-3-1-2-4-18(17)23/h1-11H,12H2,(H2,25,26,27,28). The highest BCUT2D eigenvalue weighted by Crippen LogP contribution is 2.26. The van der Waals surface area contributed by atoms with Gasteiger partial charge in [0.05, 0.1) is 21.2 Å². The van der Waals surface area contributed by atoms with Crippen molar-refractivity contribution in [2.24, 2.45) is 0 Å². The summed E-state index contributed by atoms with van der Waals surface area (Å²) in [6.45, 7) is 0. The third-order valence-electron chi connectivity index (χ3n) is 4.17. The third-order valence-corrected chi connectivity index (χ3v) is 6.79. The molecule has 3 rings (SSSR count). The number of rotatable bonds is 5. The second kappa shape index (κ2) is 9.70. The van der Waals surface area contributed by atoms with E-state index in [2.05, 4.69) is 10.6 Å². The van der Waals surface area contributed by atoms with E-state index in [1.54, 1.807) is 12.1 Å². The highest BCUT2D eigenvalue weighted by molar-refractivity contribution is 7.90. The second-order valence-electron chi connectivity index (χ2n) is 6.41. The van der Waals surface area contributed by atoms with Crippen molar-refractivity contribution in [3.05, 3.63) is 92.9 Å². The van der Waals surface area contributed by atoms with Crippen LogP contribution in [0.2, 0.25) is 15.1 Å². The molecule has 160 valence electrons. The molecule has 0 aliphatic carbocycles. The first-order valence-corrected chi connectivity index (χ1v) is 11.6. The smallest absolute Gasteiger partial charge is 0.308 e. The fourth-order valence-electron chi connectivity index (χ4n) is 2.65. The Labute approximate surface area is 194 Å². The molecule has 31 heavy (non-hydrogen) atoms. The zero-order valence-corrected chi connectivity index (χ0v) is 18.8. The van der Waals surface area contributed by atoms with Crippen LogP contribution >= 0.6 is 34.8 Å². The molecular weight excluding hydrogens is 483 g/mol. The topological polar surface area (TPSA) is 92.3 Å². The number of sulfone groups is 1. The van der Waals surface area contributed by atoms with Gasteiger partial charge in [0.25, 0.3) is 5.91 Å². The van der Waals surface area contributed by atoms with Crippen molar-refractivity contribution in [2.45, 2.75) is 10.6 Å². The summed E-state index contributed by atoms with van der Waals surface area (Å²) < 4.78 is 25.2. The summed E-state index contributed by atoms with van der Waals surface area (Å²) in [7, 11) is -3.64. The van der Waals surface area contributed by atoms with Crippen LogP contribution in [0.3, 0.4) is 0 Å². The van der Waals surface area contributed by atoms with Crippen LogP contribution < -0.4 is 10.6 Å². The Kier molecular flexibility index (Phi) is 7.23. The molecule has 0 aliphatic heterocycles. The van der Waals surface area contributed by atoms with Crippen molar-refractivity contribution in [1.29, 1.82) is 0 Å². The number of nitrogens with one attached hydrogen (secondary N) is 2. The minimum Gasteiger partial charge on any atom is -0.308 e. The van der Waals surface area contributed by atoms with Crippen LogP contribution in [0, 0.1) is 0 Å². The van der Waals surface area contributed by atoms with E-state index in [9.17, 15) is 18.0 Å². The number of amides is 3. The van der Waals surface area contributed by atoms with Crippen LogP contribution in [0.1, 0.15) is 15.9 Å². The first-order valence-electron chi connectivity index (χ1n) is 8.79. The third kappa shape index (κ3) is 5.98. The molecule has 0 heterocycles. The van der Waals surface area contributed by atoms with E-state index in [-0.39, 0.29) is 31.9 Å². The molecule has 0 aliphatic rings. The number of hydrogen-bond acceptors (Lipinski definition) is 4. The maximum atomic E-state index is 12.6. The highest BCUT2D eigenvalue weighted by Gasteiger charge is 2.18. The summed E-state index contributed by atoms with van der Waals surface area (Å²) in [4.78, 5) is 24.4. The molecule has 0 fully saturated rings. The average Bonchev–Trinajstić information content (AvgIpc) is 2.70. The molecule has 0 saturated heterocycles. The van der Waals surface area contributed by atoms with Crippen molar-refractivity contribution >= 4 is 62.3 Å². The molecule has 0 bridgehead atoms. The number of carbonyl (C=O) groups excluding carboxylic acids is 2. The maximum Gasteiger partial charge on any atom is 0.326 e. The Morgan fingerprint density at radius 3 is 2.16 bits per heavy atom. The zero-order chi connectivity index (χ0) is 22.6. The summed E-state index contributed by atoms with van der Waals surface area (Å²) in [5, 5.41) is 5.41. The molecule has 3 aromatic carbocycles. The van der Waals surface area contributed by atoms with Gasteiger partial charge in [0, 0.05) is 15.7 Å². The SMILES string of the molecule is O=C(NC(=O)c1ccccc1Cl)Nc1ccc(CS(=O)(=O)c2ccc(Cl)cc2)c(Cl)c1. The number of imide groups is 1. The monoisotopic (exact) mass is 496 g/mol. The van der Waals surface area contributed by atoms with E-state index in [4.69, 9.17) is 34.8 Å². The minimum absolute atomic E-state index is 0.118. The zero-order valence-electron chi connectivity index (χ0n) is 15.7. The van der Waals surface area contributed by atoms with Crippen LogP contribution in [-0.4, -0.2) is 20.4 Å². The molecule has 0 unspecified atom stereocenters. The molecule has 0 radical (unpaired) electrons. The predicted molar refractivity (Wildman–Crippen MR) is 122 cm³/mol. The fourth-order valence-corrected chi connectivity index (χ4v) is 4.70. The van der Waals surface area contributed by atoms with Gasteiger partial charge in [-0.1, -0.05) is 53.0 Å². The lowest BCUT2D eigenvalue weighted by Crippen LogP contribution is -2.34. The quantitative estimate of drug-likeness (QED) is 0.481. The van der Waals surface area contributed by atoms with Gasteiger partial charge in [-0.05, 0) is 54.1 Å². The number of benzene rings is 3. The fraction of sp³-hybridized carbons (Fsp3) is 0.0476. The van der Waals surface area contributed by atoms with Crippen LogP contribution in [0.25, 0.3) is 0 Å². The highest BCUT2D eigenvalue weighted by atomic mass is 35.5. The van der Waals surface area contributed by atoms with Gasteiger partial charge >= 0.3 is 6.03 Å². The minimum atomic E-state index is -3.64. The lowest BCUT2D eigenvalue weighted by molar-refractivity contribution is 0.0967. The maximum absolute atomic E-state index is 12.6. The number of carbonyl (C=O) groups is 2. The Balaban J connectivity index is 1.68. The number of hydrogen-bond donors (Lipinski definition) is 2. The molecular formula is C21H15Cl3N2O4S. The Morgan fingerprint density at radius 1 is 0.839 bits per heavy atom. The summed E-state index contributed by atoms with van der Waals surface area (Å²) >= 11 is 17.9. The van der Waals surface area contributed by atoms with Crippen molar-refractivity contribution in [3.8, 4) is 0 Å². The van der Waals surface area contributed by atoms with Gasteiger partial charge < -0.3 is 5.32 Å². The number of anilines is 1. The average molecular weight is 498 g/mol. The molecule has 0 spiro atoms. The molecule has 0 saturated carbocycles. The van der Waals surface area contributed by atoms with Crippen LogP contribution in [0.4, 0.5) is 10.5 Å². The van der Waals surface area contributed by atoms with Gasteiger partial charge in [-0.25, -0.2) is 13.2 Å². The van der Waals surface area contributed by atoms with Crippen molar-refractivity contribution in [3.63, 3.8) is 0 Å². The largest absolute Gasteiger partial charge is 0.326 e. The van der Waals surface area contributed by atoms with Gasteiger partial charge in [-0.3, -0.25) is 10.1 Å². The van der Waals surface area contributed by atoms with Crippen molar-refractivity contribution in [1.82, 2.24) is 5.32 Å². The normalized spacial score (nSPS) is 11.1. The van der Waals surface area contributed by atoms with Gasteiger partial charge in [0.2, 0.25) is 0 Å². The second-order valence-corrected chi connectivity index (χ2v) is 9.65.